The molecule has 2 N–H and O–H groups in total. The van der Waals surface area contributed by atoms with Crippen LogP contribution in [0.2, 0.25) is 0 Å². The number of amides is 1. The van der Waals surface area contributed by atoms with Crippen LogP contribution in [-0.4, -0.2) is 29.7 Å². The summed E-state index contributed by atoms with van der Waals surface area (Å²) in [5.74, 6) is 0.464. The van der Waals surface area contributed by atoms with Gasteiger partial charge in [-0.05, 0) is 29.8 Å². The number of nitrogens with zero attached hydrogens (tertiary/aromatic N) is 1. The van der Waals surface area contributed by atoms with Crippen molar-refractivity contribution in [2.24, 2.45) is 0 Å². The minimum Gasteiger partial charge on any atom is -0.497 e. The fourth-order valence-electron chi connectivity index (χ4n) is 1.73. The number of pyridine rings is 1. The van der Waals surface area contributed by atoms with Crippen LogP contribution in [-0.2, 0) is 0 Å². The van der Waals surface area contributed by atoms with E-state index in [1.54, 1.807) is 49.7 Å². The maximum atomic E-state index is 11.8. The van der Waals surface area contributed by atoms with E-state index in [-0.39, 0.29) is 12.5 Å². The zero-order chi connectivity index (χ0) is 14.4. The highest BCUT2D eigenvalue weighted by molar-refractivity contribution is 5.93. The minimum atomic E-state index is -0.762. The highest BCUT2D eigenvalue weighted by atomic mass is 16.5. The van der Waals surface area contributed by atoms with Gasteiger partial charge in [-0.15, -0.1) is 0 Å². The lowest BCUT2D eigenvalue weighted by molar-refractivity contribution is 0.0916. The van der Waals surface area contributed by atoms with Gasteiger partial charge in [0.15, 0.2) is 0 Å². The summed E-state index contributed by atoms with van der Waals surface area (Å²) < 4.78 is 5.05. The van der Waals surface area contributed by atoms with Gasteiger partial charge in [-0.25, -0.2) is 0 Å². The highest BCUT2D eigenvalue weighted by Gasteiger charge is 2.10. The van der Waals surface area contributed by atoms with Gasteiger partial charge in [0.05, 0.1) is 18.8 Å². The average molecular weight is 272 g/mol. The first-order valence-electron chi connectivity index (χ1n) is 6.21. The van der Waals surface area contributed by atoms with Crippen molar-refractivity contribution in [2.45, 2.75) is 6.10 Å². The first-order chi connectivity index (χ1) is 9.70. The molecular weight excluding hydrogens is 256 g/mol. The molecule has 0 aliphatic heterocycles. The second-order valence-electron chi connectivity index (χ2n) is 4.24. The van der Waals surface area contributed by atoms with Gasteiger partial charge in [0.1, 0.15) is 5.75 Å². The fourth-order valence-corrected chi connectivity index (χ4v) is 1.73. The number of hydrogen-bond donors (Lipinski definition) is 2. The van der Waals surface area contributed by atoms with Crippen molar-refractivity contribution in [3.05, 3.63) is 59.9 Å². The average Bonchev–Trinajstić information content (AvgIpc) is 2.53. The van der Waals surface area contributed by atoms with Gasteiger partial charge in [-0.1, -0.05) is 12.1 Å². The van der Waals surface area contributed by atoms with Crippen LogP contribution in [0.3, 0.4) is 0 Å². The lowest BCUT2D eigenvalue weighted by atomic mass is 10.1. The van der Waals surface area contributed by atoms with Crippen molar-refractivity contribution >= 4 is 5.91 Å². The molecule has 0 bridgehead atoms. The number of ether oxygens (including phenoxy) is 1. The molecule has 1 heterocycles. The molecule has 20 heavy (non-hydrogen) atoms. The first-order valence-corrected chi connectivity index (χ1v) is 6.21. The maximum Gasteiger partial charge on any atom is 0.252 e. The topological polar surface area (TPSA) is 71.5 Å². The lowest BCUT2D eigenvalue weighted by Crippen LogP contribution is -2.28. The maximum absolute atomic E-state index is 11.8. The molecule has 5 heteroatoms. The van der Waals surface area contributed by atoms with Gasteiger partial charge in [0.2, 0.25) is 0 Å². The summed E-state index contributed by atoms with van der Waals surface area (Å²) in [7, 11) is 1.58. The Morgan fingerprint density at radius 3 is 2.70 bits per heavy atom. The smallest absolute Gasteiger partial charge is 0.252 e. The third-order valence-corrected chi connectivity index (χ3v) is 2.88. The Bertz CT molecular complexity index is 555. The van der Waals surface area contributed by atoms with E-state index in [0.29, 0.717) is 5.56 Å². The molecule has 1 aromatic carbocycles. The number of rotatable bonds is 5. The van der Waals surface area contributed by atoms with Gasteiger partial charge in [-0.3, -0.25) is 9.78 Å². The lowest BCUT2D eigenvalue weighted by Gasteiger charge is -2.12. The van der Waals surface area contributed by atoms with Gasteiger partial charge in [-0.2, -0.15) is 0 Å². The van der Waals surface area contributed by atoms with Gasteiger partial charge >= 0.3 is 0 Å². The molecule has 0 radical (unpaired) electrons. The Kier molecular flexibility index (Phi) is 4.68. The second kappa shape index (κ2) is 6.68. The number of aromatic nitrogens is 1. The molecule has 2 aromatic rings. The fraction of sp³-hybridized carbons (Fsp3) is 0.200. The number of nitrogens with one attached hydrogen (secondary N) is 1. The van der Waals surface area contributed by atoms with Crippen LogP contribution in [0.25, 0.3) is 0 Å². The van der Waals surface area contributed by atoms with Crippen LogP contribution >= 0.6 is 0 Å². The van der Waals surface area contributed by atoms with Crippen molar-refractivity contribution in [3.8, 4) is 5.75 Å². The summed E-state index contributed by atoms with van der Waals surface area (Å²) in [6, 6.07) is 10.4. The zero-order valence-electron chi connectivity index (χ0n) is 11.1. The van der Waals surface area contributed by atoms with E-state index in [9.17, 15) is 9.90 Å². The van der Waals surface area contributed by atoms with Crippen LogP contribution in [0, 0.1) is 0 Å². The quantitative estimate of drug-likeness (QED) is 0.866. The molecular formula is C15H16N2O3. The summed E-state index contributed by atoms with van der Waals surface area (Å²) >= 11 is 0. The van der Waals surface area contributed by atoms with Crippen LogP contribution in [0.15, 0.2) is 48.8 Å². The largest absolute Gasteiger partial charge is 0.497 e. The van der Waals surface area contributed by atoms with Crippen LogP contribution in [0.4, 0.5) is 0 Å². The molecule has 1 aromatic heterocycles. The Morgan fingerprint density at radius 1 is 1.35 bits per heavy atom. The Labute approximate surface area is 117 Å². The standard InChI is InChI=1S/C15H16N2O3/c1-20-13-6-4-11(5-7-13)14(18)10-17-15(19)12-3-2-8-16-9-12/h2-9,14,18H,10H2,1H3,(H,17,19). The van der Waals surface area contributed by atoms with Crippen LogP contribution in [0.5, 0.6) is 5.75 Å². The van der Waals surface area contributed by atoms with E-state index >= 15 is 0 Å². The summed E-state index contributed by atoms with van der Waals surface area (Å²) in [5.41, 5.74) is 1.19. The SMILES string of the molecule is COc1ccc(C(O)CNC(=O)c2cccnc2)cc1. The van der Waals surface area contributed by atoms with Gasteiger partial charge in [0.25, 0.3) is 5.91 Å². The van der Waals surface area contributed by atoms with Crippen molar-refractivity contribution in [2.75, 3.05) is 13.7 Å². The van der Waals surface area contributed by atoms with Crippen molar-refractivity contribution in [1.29, 1.82) is 0 Å². The van der Waals surface area contributed by atoms with Crippen LogP contribution < -0.4 is 10.1 Å². The third-order valence-electron chi connectivity index (χ3n) is 2.88. The number of carbonyl (C=O) groups excluding carboxylic acids is 1. The van der Waals surface area contributed by atoms with Crippen molar-refractivity contribution < 1.29 is 14.6 Å². The summed E-state index contributed by atoms with van der Waals surface area (Å²) in [6.45, 7) is 0.139. The number of carbonyl (C=O) groups is 1. The number of hydrogen-bond acceptors (Lipinski definition) is 4. The Hall–Kier alpha value is -2.40. The third kappa shape index (κ3) is 3.55. The molecule has 0 saturated carbocycles. The molecule has 0 aliphatic rings. The Balaban J connectivity index is 1.91. The van der Waals surface area contributed by atoms with E-state index < -0.39 is 6.10 Å². The summed E-state index contributed by atoms with van der Waals surface area (Å²) in [6.07, 6.45) is 2.32. The van der Waals surface area contributed by atoms with E-state index in [0.717, 1.165) is 11.3 Å². The van der Waals surface area contributed by atoms with Gasteiger partial charge < -0.3 is 15.2 Å². The molecule has 0 saturated heterocycles. The highest BCUT2D eigenvalue weighted by Crippen LogP contribution is 2.17. The molecule has 0 spiro atoms. The zero-order valence-corrected chi connectivity index (χ0v) is 11.1. The number of benzene rings is 1. The number of methoxy groups -OCH3 is 1. The van der Waals surface area contributed by atoms with E-state index in [2.05, 4.69) is 10.3 Å². The van der Waals surface area contributed by atoms with Crippen molar-refractivity contribution in [3.63, 3.8) is 0 Å². The predicted octanol–water partition coefficient (Wildman–Crippen LogP) is 1.55. The molecule has 2 rings (SSSR count). The molecule has 0 aliphatic carbocycles. The van der Waals surface area contributed by atoms with E-state index in [1.165, 1.54) is 6.20 Å². The Morgan fingerprint density at radius 2 is 2.10 bits per heavy atom. The first kappa shape index (κ1) is 14.0. The van der Waals surface area contributed by atoms with Gasteiger partial charge in [0, 0.05) is 18.9 Å². The predicted molar refractivity (Wildman–Crippen MR) is 74.5 cm³/mol. The minimum absolute atomic E-state index is 0.139. The van der Waals surface area contributed by atoms with Crippen LogP contribution in [0.1, 0.15) is 22.0 Å². The summed E-state index contributed by atoms with van der Waals surface area (Å²) in [5, 5.41) is 12.7. The molecule has 1 amide bonds. The normalized spacial score (nSPS) is 11.7. The molecule has 1 unspecified atom stereocenters. The van der Waals surface area contributed by atoms with Crippen molar-refractivity contribution in [1.82, 2.24) is 10.3 Å². The number of aliphatic hydroxyl groups excluding tert-OH is 1. The van der Waals surface area contributed by atoms with E-state index in [1.807, 2.05) is 0 Å². The molecule has 5 nitrogen and oxygen atoms in total. The monoisotopic (exact) mass is 272 g/mol. The second-order valence-corrected chi connectivity index (χ2v) is 4.24. The molecule has 104 valence electrons. The molecule has 1 atom stereocenters. The number of aliphatic hydroxyl groups is 1. The summed E-state index contributed by atoms with van der Waals surface area (Å²) in [4.78, 5) is 15.7. The molecule has 0 fully saturated rings. The van der Waals surface area contributed by atoms with E-state index in [4.69, 9.17) is 4.74 Å².